The average molecular weight is 395 g/mol. The summed E-state index contributed by atoms with van der Waals surface area (Å²) in [6, 6.07) is 15.1. The van der Waals surface area contributed by atoms with Crippen LogP contribution >= 0.6 is 0 Å². The van der Waals surface area contributed by atoms with E-state index in [9.17, 15) is 9.59 Å². The first kappa shape index (κ1) is 19.3. The van der Waals surface area contributed by atoms with Crippen molar-refractivity contribution in [1.82, 2.24) is 9.80 Å². The van der Waals surface area contributed by atoms with Gasteiger partial charge in [0.05, 0.1) is 6.54 Å². The number of aryl methyl sites for hydroxylation is 1. The summed E-state index contributed by atoms with van der Waals surface area (Å²) in [6.07, 6.45) is -0.624. The molecule has 1 fully saturated rings. The van der Waals surface area contributed by atoms with Crippen molar-refractivity contribution in [3.8, 4) is 11.5 Å². The molecule has 4 rings (SSSR count). The van der Waals surface area contributed by atoms with Gasteiger partial charge in [0, 0.05) is 31.9 Å². The maximum Gasteiger partial charge on any atom is 0.267 e. The first-order valence-electron chi connectivity index (χ1n) is 9.85. The summed E-state index contributed by atoms with van der Waals surface area (Å²) >= 11 is 0. The molecule has 0 saturated carbocycles. The number of piperazine rings is 1. The molecule has 7 nitrogen and oxygen atoms in total. The van der Waals surface area contributed by atoms with Crippen LogP contribution in [0.15, 0.2) is 48.5 Å². The Balaban J connectivity index is 1.26. The molecule has 7 heteroatoms. The third-order valence-electron chi connectivity index (χ3n) is 5.25. The largest absolute Gasteiger partial charge is 0.485 e. The van der Waals surface area contributed by atoms with Crippen molar-refractivity contribution in [2.45, 2.75) is 13.0 Å². The van der Waals surface area contributed by atoms with Gasteiger partial charge < -0.3 is 19.7 Å². The lowest BCUT2D eigenvalue weighted by molar-refractivity contribution is -0.143. The second-order valence-corrected chi connectivity index (χ2v) is 7.33. The zero-order valence-electron chi connectivity index (χ0n) is 16.5. The third kappa shape index (κ3) is 4.51. The summed E-state index contributed by atoms with van der Waals surface area (Å²) in [5, 5.41) is 2.95. The van der Waals surface area contributed by atoms with E-state index in [0.29, 0.717) is 44.2 Å². The fourth-order valence-electron chi connectivity index (χ4n) is 3.58. The van der Waals surface area contributed by atoms with Crippen LogP contribution in [0.5, 0.6) is 11.5 Å². The van der Waals surface area contributed by atoms with Crippen molar-refractivity contribution in [3.05, 3.63) is 54.1 Å². The van der Waals surface area contributed by atoms with Gasteiger partial charge in [0.2, 0.25) is 12.0 Å². The highest BCUT2D eigenvalue weighted by molar-refractivity contribution is 5.93. The molecule has 2 aromatic carbocycles. The smallest absolute Gasteiger partial charge is 0.267 e. The fraction of sp³-hybridized carbons (Fsp3) is 0.364. The zero-order chi connectivity index (χ0) is 20.2. The molecule has 2 heterocycles. The Morgan fingerprint density at radius 2 is 1.69 bits per heavy atom. The predicted octanol–water partition coefficient (Wildman–Crippen LogP) is 1.92. The summed E-state index contributed by atoms with van der Waals surface area (Å²) in [7, 11) is 0. The van der Waals surface area contributed by atoms with Crippen molar-refractivity contribution in [2.24, 2.45) is 0 Å². The second-order valence-electron chi connectivity index (χ2n) is 7.33. The first-order chi connectivity index (χ1) is 14.1. The van der Waals surface area contributed by atoms with E-state index in [2.05, 4.69) is 10.2 Å². The highest BCUT2D eigenvalue weighted by Crippen LogP contribution is 2.31. The number of hydrogen-bond donors (Lipinski definition) is 1. The lowest BCUT2D eigenvalue weighted by Gasteiger charge is -2.36. The molecule has 2 aliphatic heterocycles. The number of fused-ring (bicyclic) bond motifs is 1. The second kappa shape index (κ2) is 8.53. The summed E-state index contributed by atoms with van der Waals surface area (Å²) in [5.41, 5.74) is 1.87. The van der Waals surface area contributed by atoms with Crippen LogP contribution in [0.2, 0.25) is 0 Å². The molecule has 0 aliphatic carbocycles. The van der Waals surface area contributed by atoms with E-state index in [1.165, 1.54) is 0 Å². The summed E-state index contributed by atoms with van der Waals surface area (Å²) in [5.74, 6) is 1.16. The number of rotatable bonds is 4. The number of anilines is 1. The normalized spacial score (nSPS) is 18.9. The maximum atomic E-state index is 12.8. The van der Waals surface area contributed by atoms with Gasteiger partial charge in [0.25, 0.3) is 5.91 Å². The quantitative estimate of drug-likeness (QED) is 0.857. The van der Waals surface area contributed by atoms with E-state index in [0.717, 1.165) is 11.3 Å². The van der Waals surface area contributed by atoms with E-state index in [1.54, 1.807) is 11.0 Å². The number of benzene rings is 2. The minimum atomic E-state index is -0.624. The Bertz CT molecular complexity index is 893. The maximum absolute atomic E-state index is 12.8. The number of ether oxygens (including phenoxy) is 2. The number of carbonyl (C=O) groups is 2. The Hall–Kier alpha value is -3.06. The van der Waals surface area contributed by atoms with Crippen LogP contribution in [0.4, 0.5) is 5.69 Å². The number of carbonyl (C=O) groups excluding carboxylic acids is 2. The third-order valence-corrected chi connectivity index (χ3v) is 5.25. The zero-order valence-corrected chi connectivity index (χ0v) is 16.5. The molecule has 0 unspecified atom stereocenters. The minimum absolute atomic E-state index is 0.0419. The van der Waals surface area contributed by atoms with Gasteiger partial charge >= 0.3 is 0 Å². The molecule has 2 aromatic rings. The summed E-state index contributed by atoms with van der Waals surface area (Å²) in [4.78, 5) is 29.0. The Labute approximate surface area is 170 Å². The number of nitrogens with zero attached hydrogens (tertiary/aromatic N) is 2. The van der Waals surface area contributed by atoms with Gasteiger partial charge in [-0.2, -0.15) is 0 Å². The molecule has 2 aliphatic rings. The van der Waals surface area contributed by atoms with Crippen LogP contribution in [0.3, 0.4) is 0 Å². The van der Waals surface area contributed by atoms with Crippen LogP contribution < -0.4 is 14.8 Å². The number of para-hydroxylation sites is 3. The SMILES string of the molecule is Cc1ccccc1NC(=O)CN1CCN(C(=O)[C@@H]2COc3ccccc3O2)CC1. The molecular weight excluding hydrogens is 370 g/mol. The molecule has 0 radical (unpaired) electrons. The van der Waals surface area contributed by atoms with Gasteiger partial charge in [-0.3, -0.25) is 14.5 Å². The molecule has 1 saturated heterocycles. The van der Waals surface area contributed by atoms with Crippen LogP contribution in [0.25, 0.3) is 0 Å². The summed E-state index contributed by atoms with van der Waals surface area (Å²) in [6.45, 7) is 4.93. The van der Waals surface area contributed by atoms with E-state index < -0.39 is 6.10 Å². The van der Waals surface area contributed by atoms with Crippen molar-refractivity contribution < 1.29 is 19.1 Å². The van der Waals surface area contributed by atoms with Gasteiger partial charge in [-0.05, 0) is 30.7 Å². The van der Waals surface area contributed by atoms with Gasteiger partial charge in [0.1, 0.15) is 6.61 Å². The first-order valence-corrected chi connectivity index (χ1v) is 9.85. The molecule has 1 N–H and O–H groups in total. The van der Waals surface area contributed by atoms with Crippen LogP contribution in [-0.2, 0) is 9.59 Å². The highest BCUT2D eigenvalue weighted by Gasteiger charge is 2.32. The van der Waals surface area contributed by atoms with E-state index in [1.807, 2.05) is 49.4 Å². The van der Waals surface area contributed by atoms with Crippen molar-refractivity contribution in [3.63, 3.8) is 0 Å². The number of nitrogens with one attached hydrogen (secondary N) is 1. The highest BCUT2D eigenvalue weighted by atomic mass is 16.6. The predicted molar refractivity (Wildman–Crippen MR) is 109 cm³/mol. The molecule has 152 valence electrons. The standard InChI is InChI=1S/C22H25N3O4/c1-16-6-2-3-7-17(16)23-21(26)14-24-10-12-25(13-11-24)22(27)20-15-28-18-8-4-5-9-19(18)29-20/h2-9,20H,10-15H2,1H3,(H,23,26)/t20-/m0/s1. The Morgan fingerprint density at radius 3 is 2.45 bits per heavy atom. The van der Waals surface area contributed by atoms with Gasteiger partial charge in [-0.25, -0.2) is 0 Å². The minimum Gasteiger partial charge on any atom is -0.485 e. The number of hydrogen-bond acceptors (Lipinski definition) is 5. The van der Waals surface area contributed by atoms with E-state index in [4.69, 9.17) is 9.47 Å². The Kier molecular flexibility index (Phi) is 5.67. The summed E-state index contributed by atoms with van der Waals surface area (Å²) < 4.78 is 11.5. The lowest BCUT2D eigenvalue weighted by Crippen LogP contribution is -2.54. The van der Waals surface area contributed by atoms with E-state index >= 15 is 0 Å². The molecular formula is C22H25N3O4. The van der Waals surface area contributed by atoms with E-state index in [-0.39, 0.29) is 18.4 Å². The monoisotopic (exact) mass is 395 g/mol. The topological polar surface area (TPSA) is 71.1 Å². The fourth-order valence-corrected chi connectivity index (χ4v) is 3.58. The van der Waals surface area contributed by atoms with Gasteiger partial charge in [-0.1, -0.05) is 30.3 Å². The molecule has 0 spiro atoms. The number of amides is 2. The van der Waals surface area contributed by atoms with Crippen LogP contribution in [0.1, 0.15) is 5.56 Å². The van der Waals surface area contributed by atoms with Crippen LogP contribution in [0, 0.1) is 6.92 Å². The Morgan fingerprint density at radius 1 is 1.00 bits per heavy atom. The average Bonchev–Trinajstić information content (AvgIpc) is 2.75. The van der Waals surface area contributed by atoms with Crippen molar-refractivity contribution in [1.29, 1.82) is 0 Å². The van der Waals surface area contributed by atoms with Gasteiger partial charge in [-0.15, -0.1) is 0 Å². The lowest BCUT2D eigenvalue weighted by atomic mass is 10.2. The molecule has 0 bridgehead atoms. The van der Waals surface area contributed by atoms with Crippen molar-refractivity contribution in [2.75, 3.05) is 44.6 Å². The molecule has 2 amide bonds. The van der Waals surface area contributed by atoms with Crippen molar-refractivity contribution >= 4 is 17.5 Å². The molecule has 0 aromatic heterocycles. The molecule has 29 heavy (non-hydrogen) atoms. The van der Waals surface area contributed by atoms with Gasteiger partial charge in [0.15, 0.2) is 11.5 Å². The van der Waals surface area contributed by atoms with Crippen LogP contribution in [-0.4, -0.2) is 67.0 Å². The molecule has 1 atom stereocenters.